The summed E-state index contributed by atoms with van der Waals surface area (Å²) in [7, 11) is -3.64. The highest BCUT2D eigenvalue weighted by Crippen LogP contribution is 2.60. The van der Waals surface area contributed by atoms with Crippen molar-refractivity contribution in [2.24, 2.45) is 17.8 Å². The number of rotatable bonds is 6. The smallest absolute Gasteiger partial charge is 0.245 e. The SMILES string of the molecule is CS(=O)(=O)N(CC(=O)Nc1ccc(Br)c(Cl)c1)c1ccc(C23CC4CC(CC(C4)C2)C3)cc1. The first-order valence-electron chi connectivity index (χ1n) is 11.4. The van der Waals surface area contributed by atoms with Crippen LogP contribution in [0.4, 0.5) is 11.4 Å². The number of nitrogens with zero attached hydrogens (tertiary/aromatic N) is 1. The van der Waals surface area contributed by atoms with E-state index in [1.54, 1.807) is 18.2 Å². The van der Waals surface area contributed by atoms with Crippen LogP contribution >= 0.6 is 27.5 Å². The molecule has 0 aromatic heterocycles. The lowest BCUT2D eigenvalue weighted by molar-refractivity contribution is -0.114. The summed E-state index contributed by atoms with van der Waals surface area (Å²) < 4.78 is 27.0. The van der Waals surface area contributed by atoms with E-state index in [2.05, 4.69) is 33.4 Å². The normalized spacial score (nSPS) is 28.0. The lowest BCUT2D eigenvalue weighted by atomic mass is 9.48. The van der Waals surface area contributed by atoms with Gasteiger partial charge in [-0.1, -0.05) is 23.7 Å². The Kier molecular flexibility index (Phi) is 6.03. The van der Waals surface area contributed by atoms with Crippen molar-refractivity contribution >= 4 is 54.8 Å². The zero-order valence-electron chi connectivity index (χ0n) is 18.6. The molecule has 0 aliphatic heterocycles. The van der Waals surface area contributed by atoms with E-state index in [4.69, 9.17) is 11.6 Å². The molecule has 4 saturated carbocycles. The van der Waals surface area contributed by atoms with Gasteiger partial charge in [0.1, 0.15) is 6.54 Å². The molecule has 0 heterocycles. The standard InChI is InChI=1S/C25H28BrClN2O3S/c1-33(31,32)29(15-24(30)28-20-4-7-22(26)23(27)11-20)21-5-2-19(3-6-21)25-12-16-8-17(13-25)10-18(9-16)14-25/h2-7,11,16-18H,8-10,12-15H2,1H3,(H,28,30). The van der Waals surface area contributed by atoms with Crippen LogP contribution < -0.4 is 9.62 Å². The first-order chi connectivity index (χ1) is 15.6. The average Bonchev–Trinajstić information content (AvgIpc) is 2.73. The van der Waals surface area contributed by atoms with Crippen molar-refractivity contribution in [2.45, 2.75) is 43.9 Å². The Morgan fingerprint density at radius 3 is 2.15 bits per heavy atom. The van der Waals surface area contributed by atoms with Crippen molar-refractivity contribution in [1.82, 2.24) is 0 Å². The minimum Gasteiger partial charge on any atom is -0.324 e. The highest BCUT2D eigenvalue weighted by Gasteiger charge is 2.51. The summed E-state index contributed by atoms with van der Waals surface area (Å²) >= 11 is 9.41. The third kappa shape index (κ3) is 4.69. The highest BCUT2D eigenvalue weighted by atomic mass is 79.9. The second-order valence-corrected chi connectivity index (χ2v) is 13.4. The number of amides is 1. The van der Waals surface area contributed by atoms with E-state index >= 15 is 0 Å². The Morgan fingerprint density at radius 2 is 1.64 bits per heavy atom. The molecule has 0 atom stereocenters. The molecule has 5 nitrogen and oxygen atoms in total. The maximum absolute atomic E-state index is 12.7. The lowest BCUT2D eigenvalue weighted by Crippen LogP contribution is -2.48. The number of anilines is 2. The summed E-state index contributed by atoms with van der Waals surface area (Å²) in [5, 5.41) is 3.20. The summed E-state index contributed by atoms with van der Waals surface area (Å²) in [5.74, 6) is 2.11. The Labute approximate surface area is 209 Å². The summed E-state index contributed by atoms with van der Waals surface area (Å²) in [6.45, 7) is -0.302. The zero-order chi connectivity index (χ0) is 23.4. The molecular weight excluding hydrogens is 524 g/mol. The number of carbonyl (C=O) groups is 1. The molecule has 8 heteroatoms. The van der Waals surface area contributed by atoms with E-state index < -0.39 is 15.9 Å². The van der Waals surface area contributed by atoms with E-state index in [1.807, 2.05) is 12.1 Å². The van der Waals surface area contributed by atoms with Gasteiger partial charge in [-0.25, -0.2) is 8.42 Å². The van der Waals surface area contributed by atoms with Gasteiger partial charge in [-0.05, 0) is 114 Å². The monoisotopic (exact) mass is 550 g/mol. The minimum absolute atomic E-state index is 0.251. The van der Waals surface area contributed by atoms with Crippen LogP contribution in [0.15, 0.2) is 46.9 Å². The average molecular weight is 552 g/mol. The highest BCUT2D eigenvalue weighted by molar-refractivity contribution is 9.10. The maximum atomic E-state index is 12.7. The fourth-order valence-corrected chi connectivity index (χ4v) is 8.03. The van der Waals surface area contributed by atoms with Crippen LogP contribution in [0.3, 0.4) is 0 Å². The molecule has 0 spiro atoms. The van der Waals surface area contributed by atoms with Crippen LogP contribution in [-0.4, -0.2) is 27.1 Å². The summed E-state index contributed by atoms with van der Waals surface area (Å²) in [5.41, 5.74) is 2.60. The van der Waals surface area contributed by atoms with E-state index in [1.165, 1.54) is 44.1 Å². The van der Waals surface area contributed by atoms with E-state index in [-0.39, 0.29) is 12.0 Å². The number of halogens is 2. The number of hydrogen-bond acceptors (Lipinski definition) is 3. The van der Waals surface area contributed by atoms with Gasteiger partial charge in [0.15, 0.2) is 0 Å². The van der Waals surface area contributed by atoms with Crippen molar-refractivity contribution < 1.29 is 13.2 Å². The van der Waals surface area contributed by atoms with Gasteiger partial charge in [-0.15, -0.1) is 0 Å². The molecule has 6 rings (SSSR count). The Hall–Kier alpha value is -1.57. The maximum Gasteiger partial charge on any atom is 0.245 e. The van der Waals surface area contributed by atoms with Gasteiger partial charge >= 0.3 is 0 Å². The molecule has 176 valence electrons. The molecule has 2 aromatic carbocycles. The van der Waals surface area contributed by atoms with Crippen LogP contribution in [-0.2, 0) is 20.2 Å². The minimum atomic E-state index is -3.64. The van der Waals surface area contributed by atoms with Crippen LogP contribution in [0.2, 0.25) is 5.02 Å². The summed E-state index contributed by atoms with van der Waals surface area (Å²) in [4.78, 5) is 12.7. The van der Waals surface area contributed by atoms with Gasteiger partial charge in [0, 0.05) is 10.2 Å². The Balaban J connectivity index is 1.34. The van der Waals surface area contributed by atoms with Crippen molar-refractivity contribution in [1.29, 1.82) is 0 Å². The zero-order valence-corrected chi connectivity index (χ0v) is 21.7. The molecule has 0 radical (unpaired) electrons. The fourth-order valence-electron chi connectivity index (χ4n) is 6.75. The molecule has 0 saturated heterocycles. The van der Waals surface area contributed by atoms with Crippen molar-refractivity contribution in [2.75, 3.05) is 22.4 Å². The van der Waals surface area contributed by atoms with Gasteiger partial charge < -0.3 is 5.32 Å². The van der Waals surface area contributed by atoms with E-state index in [0.29, 0.717) is 16.4 Å². The predicted octanol–water partition coefficient (Wildman–Crippen LogP) is 5.98. The van der Waals surface area contributed by atoms with Crippen LogP contribution in [0.5, 0.6) is 0 Å². The molecule has 2 aromatic rings. The Morgan fingerprint density at radius 1 is 1.06 bits per heavy atom. The van der Waals surface area contributed by atoms with Gasteiger partial charge in [0.2, 0.25) is 15.9 Å². The number of hydrogen-bond donors (Lipinski definition) is 1. The molecule has 1 N–H and O–H groups in total. The summed E-state index contributed by atoms with van der Waals surface area (Å²) in [6, 6.07) is 13.0. The van der Waals surface area contributed by atoms with Gasteiger partial charge in [-0.2, -0.15) is 0 Å². The third-order valence-corrected chi connectivity index (χ3v) is 10.1. The predicted molar refractivity (Wildman–Crippen MR) is 136 cm³/mol. The van der Waals surface area contributed by atoms with Gasteiger partial charge in [0.25, 0.3) is 0 Å². The largest absolute Gasteiger partial charge is 0.324 e. The van der Waals surface area contributed by atoms with Crippen LogP contribution in [0.25, 0.3) is 0 Å². The molecule has 4 fully saturated rings. The van der Waals surface area contributed by atoms with Gasteiger partial charge in [0.05, 0.1) is 17.0 Å². The number of carbonyl (C=O) groups excluding carboxylic acids is 1. The van der Waals surface area contributed by atoms with Crippen molar-refractivity contribution in [3.63, 3.8) is 0 Å². The second-order valence-electron chi connectivity index (χ2n) is 10.2. The van der Waals surface area contributed by atoms with Crippen LogP contribution in [0.1, 0.15) is 44.1 Å². The second kappa shape index (κ2) is 8.58. The Bertz CT molecular complexity index is 1150. The van der Waals surface area contributed by atoms with E-state index in [0.717, 1.165) is 32.8 Å². The molecule has 1 amide bonds. The molecular formula is C25H28BrClN2O3S. The number of nitrogens with one attached hydrogen (secondary N) is 1. The first-order valence-corrected chi connectivity index (χ1v) is 14.5. The van der Waals surface area contributed by atoms with E-state index in [9.17, 15) is 13.2 Å². The summed E-state index contributed by atoms with van der Waals surface area (Å²) in [6.07, 6.45) is 9.06. The quantitative estimate of drug-likeness (QED) is 0.481. The van der Waals surface area contributed by atoms with Crippen molar-refractivity contribution in [3.8, 4) is 0 Å². The van der Waals surface area contributed by atoms with Gasteiger partial charge in [-0.3, -0.25) is 9.10 Å². The number of sulfonamides is 1. The first kappa shape index (κ1) is 23.2. The third-order valence-electron chi connectivity index (χ3n) is 7.70. The number of benzene rings is 2. The molecule has 33 heavy (non-hydrogen) atoms. The molecule has 4 aliphatic rings. The molecule has 0 unspecified atom stereocenters. The van der Waals surface area contributed by atoms with Crippen molar-refractivity contribution in [3.05, 3.63) is 57.5 Å². The fraction of sp³-hybridized carbons (Fsp3) is 0.480. The van der Waals surface area contributed by atoms with Crippen LogP contribution in [0, 0.1) is 17.8 Å². The topological polar surface area (TPSA) is 66.5 Å². The molecule has 4 aliphatic carbocycles. The molecule has 4 bridgehead atoms. The lowest BCUT2D eigenvalue weighted by Gasteiger charge is -2.57.